The van der Waals surface area contributed by atoms with Gasteiger partial charge >= 0.3 is 5.97 Å². The number of rotatable bonds is 8. The van der Waals surface area contributed by atoms with Crippen LogP contribution < -0.4 is 24.3 Å². The number of carbonyl (C=O) groups excluding carboxylic acids is 2. The van der Waals surface area contributed by atoms with Gasteiger partial charge in [-0.05, 0) is 49.7 Å². The first kappa shape index (κ1) is 20.3. The second kappa shape index (κ2) is 9.18. The van der Waals surface area contributed by atoms with E-state index in [0.717, 1.165) is 5.56 Å². The molecule has 29 heavy (non-hydrogen) atoms. The summed E-state index contributed by atoms with van der Waals surface area (Å²) in [7, 11) is 1.49. The molecule has 1 aliphatic rings. The normalized spacial score (nSPS) is 11.9. The van der Waals surface area contributed by atoms with Crippen molar-refractivity contribution in [1.82, 2.24) is 5.32 Å². The third-order valence-electron chi connectivity index (χ3n) is 4.02. The number of benzene rings is 2. The van der Waals surface area contributed by atoms with Crippen molar-refractivity contribution < 1.29 is 33.3 Å². The largest absolute Gasteiger partial charge is 0.493 e. The summed E-state index contributed by atoms with van der Waals surface area (Å²) in [6.45, 7) is 3.86. The summed E-state index contributed by atoms with van der Waals surface area (Å²) < 4.78 is 26.5. The molecule has 1 amide bonds. The first-order chi connectivity index (χ1) is 14.0. The molecule has 0 aromatic heterocycles. The maximum absolute atomic E-state index is 12.2. The molecule has 2 aromatic carbocycles. The van der Waals surface area contributed by atoms with Crippen molar-refractivity contribution in [1.29, 1.82) is 0 Å². The molecule has 0 aliphatic carbocycles. The maximum atomic E-state index is 12.2. The number of carbonyl (C=O) groups is 2. The molecule has 0 fully saturated rings. The summed E-state index contributed by atoms with van der Waals surface area (Å²) in [4.78, 5) is 24.2. The zero-order chi connectivity index (χ0) is 20.8. The van der Waals surface area contributed by atoms with Crippen molar-refractivity contribution in [3.8, 4) is 23.0 Å². The summed E-state index contributed by atoms with van der Waals surface area (Å²) in [5, 5.41) is 2.69. The van der Waals surface area contributed by atoms with E-state index in [1.54, 1.807) is 24.3 Å². The van der Waals surface area contributed by atoms with Gasteiger partial charge in [0.1, 0.15) is 0 Å². The fraction of sp³-hybridized carbons (Fsp3) is 0.333. The second-order valence-corrected chi connectivity index (χ2v) is 6.57. The summed E-state index contributed by atoms with van der Waals surface area (Å²) >= 11 is 0. The Labute approximate surface area is 168 Å². The molecule has 0 spiro atoms. The number of nitrogens with one attached hydrogen (secondary N) is 1. The van der Waals surface area contributed by atoms with Crippen molar-refractivity contribution >= 4 is 11.9 Å². The van der Waals surface area contributed by atoms with Gasteiger partial charge < -0.3 is 29.0 Å². The maximum Gasteiger partial charge on any atom is 0.338 e. The molecule has 0 atom stereocenters. The Kier molecular flexibility index (Phi) is 6.43. The minimum atomic E-state index is -0.627. The molecule has 2 aromatic rings. The molecule has 1 N–H and O–H groups in total. The predicted molar refractivity (Wildman–Crippen MR) is 103 cm³/mol. The van der Waals surface area contributed by atoms with Crippen LogP contribution in [0.2, 0.25) is 0 Å². The van der Waals surface area contributed by atoms with Crippen LogP contribution in [0, 0.1) is 0 Å². The van der Waals surface area contributed by atoms with Crippen LogP contribution >= 0.6 is 0 Å². The van der Waals surface area contributed by atoms with E-state index in [1.165, 1.54) is 13.2 Å². The zero-order valence-corrected chi connectivity index (χ0v) is 16.5. The van der Waals surface area contributed by atoms with Crippen LogP contribution in [0.3, 0.4) is 0 Å². The number of esters is 1. The fourth-order valence-electron chi connectivity index (χ4n) is 2.66. The second-order valence-electron chi connectivity index (χ2n) is 6.57. The van der Waals surface area contributed by atoms with Crippen LogP contribution in [0.5, 0.6) is 23.0 Å². The van der Waals surface area contributed by atoms with Gasteiger partial charge in [0, 0.05) is 6.54 Å². The Balaban J connectivity index is 1.50. The topological polar surface area (TPSA) is 92.3 Å². The highest BCUT2D eigenvalue weighted by Gasteiger charge is 2.16. The van der Waals surface area contributed by atoms with E-state index < -0.39 is 18.5 Å². The highest BCUT2D eigenvalue weighted by molar-refractivity contribution is 5.92. The average Bonchev–Trinajstić information content (AvgIpc) is 3.18. The number of ether oxygens (including phenoxy) is 5. The lowest BCUT2D eigenvalue weighted by atomic mass is 10.2. The molecule has 0 bridgehead atoms. The molecule has 0 saturated heterocycles. The van der Waals surface area contributed by atoms with E-state index in [0.29, 0.717) is 23.0 Å². The molecular formula is C21H23NO7. The Morgan fingerprint density at radius 3 is 2.62 bits per heavy atom. The van der Waals surface area contributed by atoms with Gasteiger partial charge in [0.15, 0.2) is 29.6 Å². The quantitative estimate of drug-likeness (QED) is 0.680. The molecule has 8 nitrogen and oxygen atoms in total. The lowest BCUT2D eigenvalue weighted by Crippen LogP contribution is -2.28. The van der Waals surface area contributed by atoms with E-state index in [-0.39, 0.29) is 25.0 Å². The number of fused-ring (bicyclic) bond motifs is 1. The molecule has 3 rings (SSSR count). The van der Waals surface area contributed by atoms with Crippen molar-refractivity contribution in [3.63, 3.8) is 0 Å². The minimum Gasteiger partial charge on any atom is -0.493 e. The van der Waals surface area contributed by atoms with Crippen LogP contribution in [0.1, 0.15) is 29.8 Å². The van der Waals surface area contributed by atoms with Crippen molar-refractivity contribution in [2.45, 2.75) is 26.5 Å². The molecule has 154 valence electrons. The molecule has 0 saturated carbocycles. The molecule has 8 heteroatoms. The Hall–Kier alpha value is -3.42. The van der Waals surface area contributed by atoms with Gasteiger partial charge in [-0.3, -0.25) is 4.79 Å². The van der Waals surface area contributed by atoms with Crippen molar-refractivity contribution in [2.75, 3.05) is 20.5 Å². The van der Waals surface area contributed by atoms with Gasteiger partial charge in [0.05, 0.1) is 18.8 Å². The predicted octanol–water partition coefficient (Wildman–Crippen LogP) is 2.68. The van der Waals surface area contributed by atoms with Gasteiger partial charge in [0.25, 0.3) is 5.91 Å². The van der Waals surface area contributed by atoms with Gasteiger partial charge in [-0.2, -0.15) is 0 Å². The third kappa shape index (κ3) is 5.31. The number of amides is 1. The third-order valence-corrected chi connectivity index (χ3v) is 4.02. The van der Waals surface area contributed by atoms with Gasteiger partial charge in [-0.1, -0.05) is 6.07 Å². The first-order valence-corrected chi connectivity index (χ1v) is 9.13. The summed E-state index contributed by atoms with van der Waals surface area (Å²) in [6, 6.07) is 10.1. The van der Waals surface area contributed by atoms with Crippen LogP contribution in [0.25, 0.3) is 0 Å². The van der Waals surface area contributed by atoms with Crippen molar-refractivity contribution in [2.24, 2.45) is 0 Å². The van der Waals surface area contributed by atoms with E-state index in [1.807, 2.05) is 19.9 Å². The minimum absolute atomic E-state index is 0.0323. The Morgan fingerprint density at radius 2 is 1.86 bits per heavy atom. The van der Waals surface area contributed by atoms with E-state index in [2.05, 4.69) is 5.32 Å². The van der Waals surface area contributed by atoms with E-state index >= 15 is 0 Å². The highest BCUT2D eigenvalue weighted by Crippen LogP contribution is 2.32. The van der Waals surface area contributed by atoms with Crippen molar-refractivity contribution in [3.05, 3.63) is 47.5 Å². The number of methoxy groups -OCH3 is 1. The Bertz CT molecular complexity index is 895. The van der Waals surface area contributed by atoms with E-state index in [9.17, 15) is 9.59 Å². The number of hydrogen-bond donors (Lipinski definition) is 1. The summed E-state index contributed by atoms with van der Waals surface area (Å²) in [6.07, 6.45) is -0.0323. The standard InChI is InChI=1S/C21H23NO7/c1-13(2)29-17-7-5-15(9-18(17)25-3)21(24)26-11-20(23)22-10-14-4-6-16-19(8-14)28-12-27-16/h4-9,13H,10-12H2,1-3H3,(H,22,23). The molecule has 0 unspecified atom stereocenters. The molecule has 1 aliphatic heterocycles. The molecular weight excluding hydrogens is 378 g/mol. The first-order valence-electron chi connectivity index (χ1n) is 9.13. The lowest BCUT2D eigenvalue weighted by molar-refractivity contribution is -0.124. The summed E-state index contributed by atoms with van der Waals surface area (Å²) in [5.74, 6) is 1.22. The van der Waals surface area contributed by atoms with Crippen LogP contribution in [-0.2, 0) is 16.1 Å². The SMILES string of the molecule is COc1cc(C(=O)OCC(=O)NCc2ccc3c(c2)OCO3)ccc1OC(C)C. The van der Waals surface area contributed by atoms with Gasteiger partial charge in [-0.15, -0.1) is 0 Å². The average molecular weight is 401 g/mol. The summed E-state index contributed by atoms with van der Waals surface area (Å²) in [5.41, 5.74) is 1.11. The van der Waals surface area contributed by atoms with E-state index in [4.69, 9.17) is 23.7 Å². The lowest BCUT2D eigenvalue weighted by Gasteiger charge is -2.14. The van der Waals surface area contributed by atoms with Crippen LogP contribution in [0.4, 0.5) is 0 Å². The Morgan fingerprint density at radius 1 is 1.07 bits per heavy atom. The monoisotopic (exact) mass is 401 g/mol. The zero-order valence-electron chi connectivity index (χ0n) is 16.5. The van der Waals surface area contributed by atoms with Gasteiger partial charge in [0.2, 0.25) is 6.79 Å². The molecule has 1 heterocycles. The number of hydrogen-bond acceptors (Lipinski definition) is 7. The van der Waals surface area contributed by atoms with Crippen LogP contribution in [0.15, 0.2) is 36.4 Å². The smallest absolute Gasteiger partial charge is 0.338 e. The highest BCUT2D eigenvalue weighted by atomic mass is 16.7. The fourth-order valence-corrected chi connectivity index (χ4v) is 2.66. The van der Waals surface area contributed by atoms with Gasteiger partial charge in [-0.25, -0.2) is 4.79 Å². The molecule has 0 radical (unpaired) electrons. The van der Waals surface area contributed by atoms with Crippen LogP contribution in [-0.4, -0.2) is 38.5 Å².